The van der Waals surface area contributed by atoms with E-state index in [1.807, 2.05) is 13.1 Å². The lowest BCUT2D eigenvalue weighted by molar-refractivity contribution is -0.155. The molecule has 2 aliphatic rings. The summed E-state index contributed by atoms with van der Waals surface area (Å²) in [5.41, 5.74) is -1.13. The number of piperidine rings is 1. The maximum atomic E-state index is 13.9. The second-order valence-electron chi connectivity index (χ2n) is 9.53. The molecule has 0 aromatic heterocycles. The molecule has 1 N–H and O–H groups in total. The minimum atomic E-state index is -4.45. The third-order valence-electron chi connectivity index (χ3n) is 6.86. The normalized spacial score (nSPS) is 21.9. The number of ether oxygens (including phenoxy) is 2. The van der Waals surface area contributed by atoms with Crippen LogP contribution in [0.15, 0.2) is 42.5 Å². The van der Waals surface area contributed by atoms with Gasteiger partial charge in [0.25, 0.3) is 5.91 Å². The van der Waals surface area contributed by atoms with E-state index in [2.05, 4.69) is 9.80 Å². The number of halogens is 3. The Balaban J connectivity index is 1.58. The molecule has 36 heavy (non-hydrogen) atoms. The highest BCUT2D eigenvalue weighted by molar-refractivity contribution is 5.86. The van der Waals surface area contributed by atoms with E-state index in [1.54, 1.807) is 17.0 Å². The summed E-state index contributed by atoms with van der Waals surface area (Å²) in [5.74, 6) is 0.502. The first-order chi connectivity index (χ1) is 17.1. The number of alkyl halides is 3. The van der Waals surface area contributed by atoms with Gasteiger partial charge >= 0.3 is 6.18 Å². The Hall–Kier alpha value is -2.98. The van der Waals surface area contributed by atoms with Crippen LogP contribution >= 0.6 is 0 Å². The van der Waals surface area contributed by atoms with Crippen molar-refractivity contribution < 1.29 is 32.5 Å². The summed E-state index contributed by atoms with van der Waals surface area (Å²) in [5, 5.41) is 10.2. The Morgan fingerprint density at radius 1 is 1.06 bits per heavy atom. The molecule has 0 spiro atoms. The smallest absolute Gasteiger partial charge is 0.416 e. The third-order valence-corrected chi connectivity index (χ3v) is 6.86. The molecule has 2 heterocycles. The molecule has 2 fully saturated rings. The van der Waals surface area contributed by atoms with Gasteiger partial charge in [0.05, 0.1) is 12.7 Å². The number of benzene rings is 2. The van der Waals surface area contributed by atoms with Crippen molar-refractivity contribution >= 4 is 5.91 Å². The first kappa shape index (κ1) is 26.1. The molecule has 4 rings (SSSR count). The minimum absolute atomic E-state index is 0.0350. The molecule has 0 bridgehead atoms. The maximum Gasteiger partial charge on any atom is 0.416 e. The van der Waals surface area contributed by atoms with Gasteiger partial charge in [0.2, 0.25) is 0 Å². The zero-order valence-electron chi connectivity index (χ0n) is 20.6. The highest BCUT2D eigenvalue weighted by Crippen LogP contribution is 2.35. The van der Waals surface area contributed by atoms with E-state index in [0.29, 0.717) is 38.2 Å². The third kappa shape index (κ3) is 5.87. The molecule has 0 saturated carbocycles. The van der Waals surface area contributed by atoms with Gasteiger partial charge in [0.1, 0.15) is 5.75 Å². The fourth-order valence-corrected chi connectivity index (χ4v) is 4.87. The first-order valence-electron chi connectivity index (χ1n) is 12.0. The van der Waals surface area contributed by atoms with E-state index in [1.165, 1.54) is 19.2 Å². The van der Waals surface area contributed by atoms with Gasteiger partial charge in [0, 0.05) is 39.3 Å². The maximum absolute atomic E-state index is 13.9. The Morgan fingerprint density at radius 2 is 1.75 bits per heavy atom. The van der Waals surface area contributed by atoms with E-state index in [-0.39, 0.29) is 24.0 Å². The number of phenolic OH excluding ortho intramolecular Hbond substituents is 1. The summed E-state index contributed by atoms with van der Waals surface area (Å²) in [4.78, 5) is 19.9. The van der Waals surface area contributed by atoms with Crippen molar-refractivity contribution in [3.8, 4) is 17.2 Å². The Kier molecular flexibility index (Phi) is 7.65. The molecular weight excluding hydrogens is 475 g/mol. The summed E-state index contributed by atoms with van der Waals surface area (Å²) >= 11 is 0. The van der Waals surface area contributed by atoms with Crippen LogP contribution in [0.2, 0.25) is 0 Å². The number of aromatic hydroxyl groups is 1. The molecule has 1 atom stereocenters. The SMILES string of the molecule is COc1ccc(CN2CCCC(Oc3ccc(C(F)(F)F)cc3)(C(=O)N3CCN(C)CC3)C2)cc1O. The van der Waals surface area contributed by atoms with E-state index in [9.17, 15) is 23.1 Å². The topological polar surface area (TPSA) is 65.5 Å². The van der Waals surface area contributed by atoms with Crippen LogP contribution < -0.4 is 9.47 Å². The van der Waals surface area contributed by atoms with Crippen molar-refractivity contribution in [2.45, 2.75) is 31.2 Å². The molecule has 2 aliphatic heterocycles. The molecule has 1 unspecified atom stereocenters. The molecule has 2 aromatic rings. The average Bonchev–Trinajstić information content (AvgIpc) is 2.84. The largest absolute Gasteiger partial charge is 0.504 e. The Bertz CT molecular complexity index is 1060. The van der Waals surface area contributed by atoms with Crippen LogP contribution in [0, 0.1) is 0 Å². The molecule has 2 saturated heterocycles. The number of piperazine rings is 1. The number of likely N-dealkylation sites (N-methyl/N-ethyl adjacent to an activating group) is 1. The van der Waals surface area contributed by atoms with E-state index >= 15 is 0 Å². The number of carbonyl (C=O) groups is 1. The van der Waals surface area contributed by atoms with Gasteiger partial charge in [-0.15, -0.1) is 0 Å². The lowest BCUT2D eigenvalue weighted by Gasteiger charge is -2.45. The minimum Gasteiger partial charge on any atom is -0.504 e. The molecule has 196 valence electrons. The molecule has 7 nitrogen and oxygen atoms in total. The zero-order chi connectivity index (χ0) is 25.9. The predicted octanol–water partition coefficient (Wildman–Crippen LogP) is 3.61. The summed E-state index contributed by atoms with van der Waals surface area (Å²) in [6.07, 6.45) is -3.30. The van der Waals surface area contributed by atoms with Crippen LogP contribution in [0.25, 0.3) is 0 Å². The number of hydrogen-bond donors (Lipinski definition) is 1. The first-order valence-corrected chi connectivity index (χ1v) is 12.0. The number of methoxy groups -OCH3 is 1. The number of phenols is 1. The van der Waals surface area contributed by atoms with Crippen LogP contribution in [-0.4, -0.2) is 84.7 Å². The van der Waals surface area contributed by atoms with Gasteiger partial charge in [-0.1, -0.05) is 6.07 Å². The van der Waals surface area contributed by atoms with Crippen molar-refractivity contribution in [3.05, 3.63) is 53.6 Å². The summed E-state index contributed by atoms with van der Waals surface area (Å²) in [7, 11) is 3.49. The average molecular weight is 508 g/mol. The lowest BCUT2D eigenvalue weighted by atomic mass is 9.90. The summed E-state index contributed by atoms with van der Waals surface area (Å²) in [6, 6.07) is 9.69. The number of rotatable bonds is 6. The van der Waals surface area contributed by atoms with E-state index < -0.39 is 17.3 Å². The van der Waals surface area contributed by atoms with Crippen molar-refractivity contribution in [2.75, 3.05) is 53.4 Å². The summed E-state index contributed by atoms with van der Waals surface area (Å²) in [6.45, 7) is 4.12. The van der Waals surface area contributed by atoms with Crippen LogP contribution in [0.4, 0.5) is 13.2 Å². The van der Waals surface area contributed by atoms with Crippen molar-refractivity contribution in [1.29, 1.82) is 0 Å². The second-order valence-corrected chi connectivity index (χ2v) is 9.53. The van der Waals surface area contributed by atoms with E-state index in [0.717, 1.165) is 37.3 Å². The molecule has 0 radical (unpaired) electrons. The van der Waals surface area contributed by atoms with Crippen molar-refractivity contribution in [3.63, 3.8) is 0 Å². The van der Waals surface area contributed by atoms with Crippen LogP contribution in [-0.2, 0) is 17.5 Å². The van der Waals surface area contributed by atoms with Crippen LogP contribution in [0.3, 0.4) is 0 Å². The van der Waals surface area contributed by atoms with Gasteiger partial charge in [-0.2, -0.15) is 13.2 Å². The highest BCUT2D eigenvalue weighted by Gasteiger charge is 2.47. The Morgan fingerprint density at radius 3 is 2.36 bits per heavy atom. The highest BCUT2D eigenvalue weighted by atomic mass is 19.4. The second kappa shape index (κ2) is 10.6. The van der Waals surface area contributed by atoms with Crippen molar-refractivity contribution in [2.24, 2.45) is 0 Å². The van der Waals surface area contributed by atoms with Gasteiger partial charge in [-0.05, 0) is 68.4 Å². The fraction of sp³-hybridized carbons (Fsp3) is 0.500. The van der Waals surface area contributed by atoms with E-state index in [4.69, 9.17) is 9.47 Å². The molecule has 1 amide bonds. The number of nitrogens with zero attached hydrogens (tertiary/aromatic N) is 3. The molecule has 0 aliphatic carbocycles. The molecule has 10 heteroatoms. The Labute approximate surface area is 209 Å². The monoisotopic (exact) mass is 507 g/mol. The van der Waals surface area contributed by atoms with Gasteiger partial charge in [-0.3, -0.25) is 9.69 Å². The van der Waals surface area contributed by atoms with Gasteiger partial charge < -0.3 is 24.4 Å². The number of hydrogen-bond acceptors (Lipinski definition) is 6. The predicted molar refractivity (Wildman–Crippen MR) is 128 cm³/mol. The quantitative estimate of drug-likeness (QED) is 0.645. The fourth-order valence-electron chi connectivity index (χ4n) is 4.87. The van der Waals surface area contributed by atoms with Crippen LogP contribution in [0.5, 0.6) is 17.2 Å². The number of likely N-dealkylation sites (tertiary alicyclic amines) is 1. The molecule has 2 aromatic carbocycles. The standard InChI is InChI=1S/C26H32F3N3O4/c1-30-12-14-32(15-13-30)24(34)25(36-21-7-5-20(6-8-21)26(27,28)29)10-3-11-31(18-25)17-19-4-9-23(35-2)22(33)16-19/h4-9,16,33H,3,10-15,17-18H2,1-2H3. The van der Waals surface area contributed by atoms with Crippen LogP contribution in [0.1, 0.15) is 24.0 Å². The zero-order valence-corrected chi connectivity index (χ0v) is 20.6. The number of carbonyl (C=O) groups excluding carboxylic acids is 1. The number of amides is 1. The van der Waals surface area contributed by atoms with Gasteiger partial charge in [0.15, 0.2) is 17.1 Å². The van der Waals surface area contributed by atoms with Gasteiger partial charge in [-0.25, -0.2) is 0 Å². The lowest BCUT2D eigenvalue weighted by Crippen LogP contribution is -2.63. The summed E-state index contributed by atoms with van der Waals surface area (Å²) < 4.78 is 50.6. The molecular formula is C26H32F3N3O4. The van der Waals surface area contributed by atoms with Crippen molar-refractivity contribution in [1.82, 2.24) is 14.7 Å².